The van der Waals surface area contributed by atoms with Crippen LogP contribution in [0.1, 0.15) is 28.8 Å². The Morgan fingerprint density at radius 2 is 1.52 bits per heavy atom. The van der Waals surface area contributed by atoms with Gasteiger partial charge in [0.15, 0.2) is 5.78 Å². The molecule has 2 aromatic carbocycles. The van der Waals surface area contributed by atoms with Crippen LogP contribution in [0.3, 0.4) is 0 Å². The Bertz CT molecular complexity index is 727. The van der Waals surface area contributed by atoms with Gasteiger partial charge in [-0.25, -0.2) is 0 Å². The van der Waals surface area contributed by atoms with Crippen molar-refractivity contribution in [1.29, 1.82) is 0 Å². The highest BCUT2D eigenvalue weighted by atomic mass is 16.3. The number of carbonyl (C=O) groups excluding carboxylic acids is 1. The predicted octanol–water partition coefficient (Wildman–Crippen LogP) is 4.93. The monoisotopic (exact) mass is 276 g/mol. The van der Waals surface area contributed by atoms with Crippen LogP contribution in [0.15, 0.2) is 77.6 Å². The van der Waals surface area contributed by atoms with Gasteiger partial charge in [-0.3, -0.25) is 4.79 Å². The van der Waals surface area contributed by atoms with Crippen molar-refractivity contribution < 1.29 is 9.21 Å². The van der Waals surface area contributed by atoms with Crippen molar-refractivity contribution >= 4 is 5.78 Å². The molecule has 0 spiro atoms. The molecular formula is C19H16O2. The predicted molar refractivity (Wildman–Crippen MR) is 83.3 cm³/mol. The Morgan fingerprint density at radius 3 is 2.19 bits per heavy atom. The third kappa shape index (κ3) is 2.65. The summed E-state index contributed by atoms with van der Waals surface area (Å²) in [7, 11) is 0. The fraction of sp³-hybridized carbons (Fsp3) is 0.105. The van der Waals surface area contributed by atoms with Gasteiger partial charge in [-0.15, -0.1) is 0 Å². The first-order chi connectivity index (χ1) is 10.3. The molecule has 0 saturated heterocycles. The lowest BCUT2D eigenvalue weighted by Gasteiger charge is -2.11. The van der Waals surface area contributed by atoms with Crippen molar-refractivity contribution in [2.24, 2.45) is 0 Å². The molecule has 0 aliphatic heterocycles. The standard InChI is InChI=1S/C19H16O2/c1-14(15-8-4-2-5-9-15)19(20)18-13-21-12-17(18)16-10-6-3-7-11-16/h2-14H,1H3. The molecule has 3 rings (SSSR count). The highest BCUT2D eigenvalue weighted by Crippen LogP contribution is 2.29. The number of hydrogen-bond donors (Lipinski definition) is 0. The second-order valence-corrected chi connectivity index (χ2v) is 5.06. The van der Waals surface area contributed by atoms with Gasteiger partial charge < -0.3 is 4.42 Å². The van der Waals surface area contributed by atoms with Gasteiger partial charge in [0.2, 0.25) is 0 Å². The maximum atomic E-state index is 12.7. The van der Waals surface area contributed by atoms with Crippen LogP contribution >= 0.6 is 0 Å². The lowest BCUT2D eigenvalue weighted by Crippen LogP contribution is -2.09. The first-order valence-electron chi connectivity index (χ1n) is 6.98. The molecule has 1 unspecified atom stereocenters. The number of hydrogen-bond acceptors (Lipinski definition) is 2. The van der Waals surface area contributed by atoms with Gasteiger partial charge >= 0.3 is 0 Å². The maximum Gasteiger partial charge on any atom is 0.173 e. The molecule has 0 N–H and O–H groups in total. The summed E-state index contributed by atoms with van der Waals surface area (Å²) in [5.74, 6) is -0.111. The average Bonchev–Trinajstić information content (AvgIpc) is 3.04. The molecule has 0 saturated carbocycles. The molecule has 1 aromatic heterocycles. The van der Waals surface area contributed by atoms with Crippen LogP contribution in [0.25, 0.3) is 11.1 Å². The average molecular weight is 276 g/mol. The summed E-state index contributed by atoms with van der Waals surface area (Å²) >= 11 is 0. The Balaban J connectivity index is 1.95. The van der Waals surface area contributed by atoms with Gasteiger partial charge in [-0.2, -0.15) is 0 Å². The molecule has 0 radical (unpaired) electrons. The van der Waals surface area contributed by atoms with Gasteiger partial charge in [-0.1, -0.05) is 67.6 Å². The van der Waals surface area contributed by atoms with E-state index in [1.807, 2.05) is 67.6 Å². The minimum Gasteiger partial charge on any atom is -0.471 e. The van der Waals surface area contributed by atoms with E-state index in [2.05, 4.69) is 0 Å². The smallest absolute Gasteiger partial charge is 0.173 e. The summed E-state index contributed by atoms with van der Waals surface area (Å²) in [5.41, 5.74) is 3.50. The van der Waals surface area contributed by atoms with E-state index in [9.17, 15) is 4.79 Å². The SMILES string of the molecule is CC(C(=O)c1cocc1-c1ccccc1)c1ccccc1. The Labute approximate surface area is 124 Å². The van der Waals surface area contributed by atoms with Gasteiger partial charge in [-0.05, 0) is 11.1 Å². The van der Waals surface area contributed by atoms with Crippen LogP contribution in [0.2, 0.25) is 0 Å². The van der Waals surface area contributed by atoms with Crippen LogP contribution in [0.4, 0.5) is 0 Å². The molecule has 0 fully saturated rings. The molecule has 0 aliphatic rings. The van der Waals surface area contributed by atoms with Crippen LogP contribution in [-0.4, -0.2) is 5.78 Å². The second kappa shape index (κ2) is 5.80. The number of benzene rings is 2. The number of Topliss-reactive ketones (excluding diaryl/α,β-unsaturated/α-hetero) is 1. The number of rotatable bonds is 4. The normalized spacial score (nSPS) is 12.0. The fourth-order valence-corrected chi connectivity index (χ4v) is 2.46. The highest BCUT2D eigenvalue weighted by Gasteiger charge is 2.22. The van der Waals surface area contributed by atoms with Crippen molar-refractivity contribution in [2.45, 2.75) is 12.8 Å². The highest BCUT2D eigenvalue weighted by molar-refractivity contribution is 6.05. The summed E-state index contributed by atoms with van der Waals surface area (Å²) in [4.78, 5) is 12.7. The topological polar surface area (TPSA) is 30.2 Å². The Morgan fingerprint density at radius 1 is 0.905 bits per heavy atom. The van der Waals surface area contributed by atoms with Crippen LogP contribution in [0.5, 0.6) is 0 Å². The molecular weight excluding hydrogens is 260 g/mol. The lowest BCUT2D eigenvalue weighted by atomic mass is 9.90. The first kappa shape index (κ1) is 13.4. The molecule has 0 aliphatic carbocycles. The zero-order chi connectivity index (χ0) is 14.7. The Hall–Kier alpha value is -2.61. The van der Waals surface area contributed by atoms with Gasteiger partial charge in [0.05, 0.1) is 11.8 Å². The minimum atomic E-state index is -0.189. The number of furan rings is 1. The van der Waals surface area contributed by atoms with Gasteiger partial charge in [0.25, 0.3) is 0 Å². The molecule has 2 nitrogen and oxygen atoms in total. The molecule has 2 heteroatoms. The Kier molecular flexibility index (Phi) is 3.69. The quantitative estimate of drug-likeness (QED) is 0.632. The van der Waals surface area contributed by atoms with Crippen LogP contribution < -0.4 is 0 Å². The number of carbonyl (C=O) groups is 1. The summed E-state index contributed by atoms with van der Waals surface area (Å²) in [6.07, 6.45) is 3.18. The molecule has 3 aromatic rings. The van der Waals surface area contributed by atoms with Gasteiger partial charge in [0, 0.05) is 11.5 Å². The summed E-state index contributed by atoms with van der Waals surface area (Å²) in [6, 6.07) is 19.6. The molecule has 21 heavy (non-hydrogen) atoms. The maximum absolute atomic E-state index is 12.7. The minimum absolute atomic E-state index is 0.0776. The van der Waals surface area contributed by atoms with E-state index in [0.717, 1.165) is 16.7 Å². The van der Waals surface area contributed by atoms with Crippen molar-refractivity contribution in [3.05, 3.63) is 84.3 Å². The van der Waals surface area contributed by atoms with E-state index in [-0.39, 0.29) is 11.7 Å². The molecule has 1 atom stereocenters. The van der Waals surface area contributed by atoms with E-state index in [1.54, 1.807) is 12.5 Å². The number of ketones is 1. The summed E-state index contributed by atoms with van der Waals surface area (Å²) in [6.45, 7) is 1.93. The van der Waals surface area contributed by atoms with Gasteiger partial charge in [0.1, 0.15) is 6.26 Å². The molecule has 0 bridgehead atoms. The zero-order valence-electron chi connectivity index (χ0n) is 11.8. The molecule has 0 amide bonds. The zero-order valence-corrected chi connectivity index (χ0v) is 11.8. The summed E-state index contributed by atoms with van der Waals surface area (Å²) < 4.78 is 5.29. The summed E-state index contributed by atoms with van der Waals surface area (Å²) in [5, 5.41) is 0. The van der Waals surface area contributed by atoms with Crippen molar-refractivity contribution in [3.63, 3.8) is 0 Å². The third-order valence-electron chi connectivity index (χ3n) is 3.71. The van der Waals surface area contributed by atoms with Crippen LogP contribution in [-0.2, 0) is 0 Å². The largest absolute Gasteiger partial charge is 0.471 e. The van der Waals surface area contributed by atoms with Crippen molar-refractivity contribution in [2.75, 3.05) is 0 Å². The van der Waals surface area contributed by atoms with Crippen molar-refractivity contribution in [3.8, 4) is 11.1 Å². The van der Waals surface area contributed by atoms with E-state index in [4.69, 9.17) is 4.42 Å². The van der Waals surface area contributed by atoms with Crippen molar-refractivity contribution in [1.82, 2.24) is 0 Å². The fourth-order valence-electron chi connectivity index (χ4n) is 2.46. The van der Waals surface area contributed by atoms with E-state index >= 15 is 0 Å². The van der Waals surface area contributed by atoms with Crippen LogP contribution in [0, 0.1) is 0 Å². The lowest BCUT2D eigenvalue weighted by molar-refractivity contribution is 0.0966. The molecule has 1 heterocycles. The first-order valence-corrected chi connectivity index (χ1v) is 6.98. The van der Waals surface area contributed by atoms with E-state index < -0.39 is 0 Å². The van der Waals surface area contributed by atoms with E-state index in [0.29, 0.717) is 5.56 Å². The second-order valence-electron chi connectivity index (χ2n) is 5.06. The third-order valence-corrected chi connectivity index (χ3v) is 3.71. The van der Waals surface area contributed by atoms with E-state index in [1.165, 1.54) is 0 Å². The molecule has 104 valence electrons.